The van der Waals surface area contributed by atoms with E-state index >= 15 is 0 Å². The van der Waals surface area contributed by atoms with Crippen molar-refractivity contribution in [1.82, 2.24) is 4.98 Å². The number of nitrogens with zero attached hydrogens (tertiary/aromatic N) is 2. The van der Waals surface area contributed by atoms with Crippen molar-refractivity contribution in [2.24, 2.45) is 0 Å². The molecule has 0 fully saturated rings. The number of ether oxygens (including phenoxy) is 1. The maximum absolute atomic E-state index is 13.2. The number of hydrogen-bond donors (Lipinski definition) is 2. The summed E-state index contributed by atoms with van der Waals surface area (Å²) in [5.74, 6) is -1.60. The lowest BCUT2D eigenvalue weighted by atomic mass is 9.95. The summed E-state index contributed by atoms with van der Waals surface area (Å²) in [6.45, 7) is 3.72. The van der Waals surface area contributed by atoms with Crippen LogP contribution in [0.5, 0.6) is 11.5 Å². The van der Waals surface area contributed by atoms with Gasteiger partial charge in [-0.3, -0.25) is 14.5 Å². The van der Waals surface area contributed by atoms with E-state index in [2.05, 4.69) is 4.98 Å². The molecule has 0 unspecified atom stereocenters. The van der Waals surface area contributed by atoms with E-state index in [1.807, 2.05) is 13.8 Å². The van der Waals surface area contributed by atoms with Gasteiger partial charge in [-0.15, -0.1) is 22.7 Å². The molecule has 0 radical (unpaired) electrons. The number of aliphatic hydroxyl groups excluding tert-OH is 1. The van der Waals surface area contributed by atoms with Gasteiger partial charge in [0.15, 0.2) is 22.4 Å². The van der Waals surface area contributed by atoms with Crippen LogP contribution in [0.15, 0.2) is 47.0 Å². The van der Waals surface area contributed by atoms with E-state index < -0.39 is 23.5 Å². The Balaban J connectivity index is 1.91. The summed E-state index contributed by atoms with van der Waals surface area (Å²) in [7, 11) is 1.41. The molecule has 3 heterocycles. The third-order valence-corrected chi connectivity index (χ3v) is 6.88. The summed E-state index contributed by atoms with van der Waals surface area (Å²) in [5, 5.41) is 22.8. The average Bonchev–Trinajstić information content (AvgIpc) is 3.43. The fourth-order valence-corrected chi connectivity index (χ4v) is 4.93. The van der Waals surface area contributed by atoms with E-state index in [-0.39, 0.29) is 17.1 Å². The lowest BCUT2D eigenvalue weighted by Gasteiger charge is -2.25. The fourth-order valence-electron chi connectivity index (χ4n) is 3.31. The molecule has 0 bridgehead atoms. The number of carbonyl (C=O) groups excluding carboxylic acids is 2. The number of aryl methyl sites for hydroxylation is 2. The molecular formula is C21H18N2O5S2. The SMILES string of the molecule is COc1cc([C@H]2C(C(=O)c3cccs3)=C(O)C(=O)N2c2nc(C)c(C)s2)ccc1O. The van der Waals surface area contributed by atoms with Gasteiger partial charge < -0.3 is 14.9 Å². The predicted molar refractivity (Wildman–Crippen MR) is 115 cm³/mol. The number of phenolic OH excluding ortho intramolecular Hbond substituents is 1. The molecule has 2 aromatic heterocycles. The highest BCUT2D eigenvalue weighted by atomic mass is 32.1. The van der Waals surface area contributed by atoms with Crippen LogP contribution in [0.2, 0.25) is 0 Å². The van der Waals surface area contributed by atoms with Crippen LogP contribution < -0.4 is 9.64 Å². The molecule has 2 N–H and O–H groups in total. The number of phenols is 1. The second-order valence-corrected chi connectivity index (χ2v) is 8.85. The first-order valence-electron chi connectivity index (χ1n) is 8.99. The Morgan fingerprint density at radius 1 is 1.23 bits per heavy atom. The lowest BCUT2D eigenvalue weighted by Crippen LogP contribution is -2.31. The predicted octanol–water partition coefficient (Wildman–Crippen LogP) is 4.32. The van der Waals surface area contributed by atoms with Crippen LogP contribution in [-0.2, 0) is 4.79 Å². The zero-order valence-electron chi connectivity index (χ0n) is 16.4. The van der Waals surface area contributed by atoms with Crippen LogP contribution >= 0.6 is 22.7 Å². The first-order chi connectivity index (χ1) is 14.3. The average molecular weight is 443 g/mol. The first kappa shape index (κ1) is 20.1. The molecular weight excluding hydrogens is 424 g/mol. The minimum absolute atomic E-state index is 0.0271. The van der Waals surface area contributed by atoms with Crippen molar-refractivity contribution in [3.63, 3.8) is 0 Å². The van der Waals surface area contributed by atoms with Gasteiger partial charge in [0.1, 0.15) is 0 Å². The smallest absolute Gasteiger partial charge is 0.296 e. The topological polar surface area (TPSA) is 100.0 Å². The molecule has 0 saturated carbocycles. The number of thiophene rings is 1. The van der Waals surface area contributed by atoms with E-state index in [9.17, 15) is 19.8 Å². The van der Waals surface area contributed by atoms with Crippen LogP contribution in [0.3, 0.4) is 0 Å². The molecule has 1 aliphatic rings. The number of thiazole rings is 1. The number of amides is 1. The van der Waals surface area contributed by atoms with Crippen LogP contribution in [0, 0.1) is 13.8 Å². The molecule has 154 valence electrons. The molecule has 30 heavy (non-hydrogen) atoms. The molecule has 1 aliphatic heterocycles. The third-order valence-electron chi connectivity index (χ3n) is 4.94. The van der Waals surface area contributed by atoms with E-state index in [0.717, 1.165) is 10.6 Å². The molecule has 7 nitrogen and oxygen atoms in total. The largest absolute Gasteiger partial charge is 0.504 e. The molecule has 1 atom stereocenters. The van der Waals surface area contributed by atoms with Crippen LogP contribution in [0.25, 0.3) is 0 Å². The molecule has 0 saturated heterocycles. The summed E-state index contributed by atoms with van der Waals surface area (Å²) in [5.41, 5.74) is 1.25. The van der Waals surface area contributed by atoms with Gasteiger partial charge in [-0.2, -0.15) is 0 Å². The third kappa shape index (κ3) is 3.16. The Morgan fingerprint density at radius 2 is 2.00 bits per heavy atom. The van der Waals surface area contributed by atoms with Gasteiger partial charge in [0, 0.05) is 4.88 Å². The highest BCUT2D eigenvalue weighted by Gasteiger charge is 2.46. The molecule has 1 aromatic carbocycles. The van der Waals surface area contributed by atoms with Crippen LogP contribution in [-0.4, -0.2) is 34.0 Å². The van der Waals surface area contributed by atoms with E-state index in [0.29, 0.717) is 15.6 Å². The van der Waals surface area contributed by atoms with Gasteiger partial charge in [0.05, 0.1) is 29.3 Å². The number of aromatic hydroxyl groups is 1. The minimum atomic E-state index is -0.911. The van der Waals surface area contributed by atoms with Crippen LogP contribution in [0.4, 0.5) is 5.13 Å². The van der Waals surface area contributed by atoms with E-state index in [1.54, 1.807) is 29.6 Å². The van der Waals surface area contributed by atoms with Gasteiger partial charge in [-0.1, -0.05) is 12.1 Å². The van der Waals surface area contributed by atoms with E-state index in [1.165, 1.54) is 40.7 Å². The highest BCUT2D eigenvalue weighted by molar-refractivity contribution is 7.16. The zero-order valence-corrected chi connectivity index (χ0v) is 18.0. The summed E-state index contributed by atoms with van der Waals surface area (Å²) in [6, 6.07) is 7.04. The first-order valence-corrected chi connectivity index (χ1v) is 10.7. The molecule has 4 rings (SSSR count). The zero-order chi connectivity index (χ0) is 21.6. The quantitative estimate of drug-likeness (QED) is 0.571. The van der Waals surface area contributed by atoms with Gasteiger partial charge >= 0.3 is 0 Å². The van der Waals surface area contributed by atoms with Crippen molar-refractivity contribution in [1.29, 1.82) is 0 Å². The Morgan fingerprint density at radius 3 is 2.60 bits per heavy atom. The number of rotatable bonds is 5. The van der Waals surface area contributed by atoms with Crippen molar-refractivity contribution >= 4 is 39.5 Å². The Kier molecular flexibility index (Phi) is 5.08. The minimum Gasteiger partial charge on any atom is -0.504 e. The standard InChI is InChI=1S/C21H18N2O5S2/c1-10-11(2)30-21(22-10)23-17(12-6-7-13(24)14(9-12)28-3)16(19(26)20(23)27)18(25)15-5-4-8-29-15/h4-9,17,24,26H,1-3H3/t17-/m0/s1. The normalized spacial score (nSPS) is 16.4. The van der Waals surface area contributed by atoms with Gasteiger partial charge in [0.25, 0.3) is 5.91 Å². The maximum Gasteiger partial charge on any atom is 0.296 e. The second-order valence-electron chi connectivity index (χ2n) is 6.72. The number of ketones is 1. The molecule has 1 amide bonds. The second kappa shape index (κ2) is 7.58. The number of methoxy groups -OCH3 is 1. The van der Waals surface area contributed by atoms with Crippen molar-refractivity contribution in [3.05, 3.63) is 68.1 Å². The number of aromatic nitrogens is 1. The Bertz CT molecular complexity index is 1160. The molecule has 0 spiro atoms. The van der Waals surface area contributed by atoms with Crippen molar-refractivity contribution in [2.45, 2.75) is 19.9 Å². The monoisotopic (exact) mass is 442 g/mol. The summed E-state index contributed by atoms with van der Waals surface area (Å²) in [6.07, 6.45) is 0. The van der Waals surface area contributed by atoms with Crippen molar-refractivity contribution in [3.8, 4) is 11.5 Å². The van der Waals surface area contributed by atoms with Gasteiger partial charge in [-0.05, 0) is 43.0 Å². The number of anilines is 1. The number of Topliss-reactive ketones (excluding diaryl/α,β-unsaturated/α-hetero) is 1. The molecule has 0 aliphatic carbocycles. The fraction of sp³-hybridized carbons (Fsp3) is 0.190. The summed E-state index contributed by atoms with van der Waals surface area (Å²) in [4.78, 5) is 33.4. The maximum atomic E-state index is 13.2. The van der Waals surface area contributed by atoms with Crippen LogP contribution in [0.1, 0.15) is 31.8 Å². The van der Waals surface area contributed by atoms with Gasteiger partial charge in [0.2, 0.25) is 5.78 Å². The van der Waals surface area contributed by atoms with Crippen molar-refractivity contribution in [2.75, 3.05) is 12.0 Å². The molecule has 3 aromatic rings. The van der Waals surface area contributed by atoms with Crippen molar-refractivity contribution < 1.29 is 24.5 Å². The number of hydrogen-bond acceptors (Lipinski definition) is 8. The highest BCUT2D eigenvalue weighted by Crippen LogP contribution is 2.45. The number of carbonyl (C=O) groups is 2. The summed E-state index contributed by atoms with van der Waals surface area (Å²) < 4.78 is 5.20. The molecule has 9 heteroatoms. The number of benzene rings is 1. The lowest BCUT2D eigenvalue weighted by molar-refractivity contribution is -0.117. The summed E-state index contributed by atoms with van der Waals surface area (Å²) >= 11 is 2.54. The number of aliphatic hydroxyl groups is 1. The van der Waals surface area contributed by atoms with Gasteiger partial charge in [-0.25, -0.2) is 4.98 Å². The Hall–Kier alpha value is -3.17. The Labute approximate surface area is 180 Å². The van der Waals surface area contributed by atoms with E-state index in [4.69, 9.17) is 4.74 Å².